The summed E-state index contributed by atoms with van der Waals surface area (Å²) < 4.78 is 6.32. The fourth-order valence-corrected chi connectivity index (χ4v) is 4.86. The molecule has 0 radical (unpaired) electrons. The van der Waals surface area contributed by atoms with Crippen LogP contribution in [0.15, 0.2) is 28.7 Å². The van der Waals surface area contributed by atoms with Gasteiger partial charge in [0.05, 0.1) is 6.61 Å². The summed E-state index contributed by atoms with van der Waals surface area (Å²) in [4.78, 5) is 0. The predicted molar refractivity (Wildman–Crippen MR) is 90.7 cm³/mol. The zero-order chi connectivity index (χ0) is 14.8. The minimum atomic E-state index is 0.346. The van der Waals surface area contributed by atoms with Crippen molar-refractivity contribution < 1.29 is 4.74 Å². The standard InChI is InChI=1S/C18H26BrNO/c1-21-11-10-20-14-18(15-4-6-16(19)7-5-15)12-17(13-18)8-2-3-9-17/h4-7,20H,2-3,8-14H2,1H3. The van der Waals surface area contributed by atoms with Crippen LogP contribution in [0.25, 0.3) is 0 Å². The minimum absolute atomic E-state index is 0.346. The van der Waals surface area contributed by atoms with Gasteiger partial charge in [-0.05, 0) is 48.8 Å². The number of ether oxygens (including phenoxy) is 1. The van der Waals surface area contributed by atoms with E-state index in [0.29, 0.717) is 10.8 Å². The molecule has 2 saturated carbocycles. The highest BCUT2D eigenvalue weighted by Crippen LogP contribution is 2.62. The van der Waals surface area contributed by atoms with E-state index in [4.69, 9.17) is 4.74 Å². The van der Waals surface area contributed by atoms with E-state index in [1.165, 1.54) is 48.6 Å². The Hall–Kier alpha value is -0.380. The van der Waals surface area contributed by atoms with Crippen molar-refractivity contribution in [1.82, 2.24) is 5.32 Å². The van der Waals surface area contributed by atoms with Gasteiger partial charge in [-0.2, -0.15) is 0 Å². The minimum Gasteiger partial charge on any atom is -0.383 e. The zero-order valence-electron chi connectivity index (χ0n) is 13.0. The van der Waals surface area contributed by atoms with Crippen LogP contribution in [0.3, 0.4) is 0 Å². The van der Waals surface area contributed by atoms with Gasteiger partial charge in [-0.1, -0.05) is 40.9 Å². The number of nitrogens with one attached hydrogen (secondary N) is 1. The molecule has 0 aliphatic heterocycles. The van der Waals surface area contributed by atoms with E-state index >= 15 is 0 Å². The average Bonchev–Trinajstić information content (AvgIpc) is 2.92. The van der Waals surface area contributed by atoms with Crippen LogP contribution in [-0.4, -0.2) is 26.8 Å². The number of halogens is 1. The highest BCUT2D eigenvalue weighted by molar-refractivity contribution is 9.10. The van der Waals surface area contributed by atoms with Gasteiger partial charge in [-0.15, -0.1) is 0 Å². The lowest BCUT2D eigenvalue weighted by Gasteiger charge is -2.56. The summed E-state index contributed by atoms with van der Waals surface area (Å²) in [7, 11) is 1.77. The normalized spacial score (nSPS) is 22.4. The van der Waals surface area contributed by atoms with Crippen molar-refractivity contribution >= 4 is 15.9 Å². The van der Waals surface area contributed by atoms with Gasteiger partial charge in [0.15, 0.2) is 0 Å². The lowest BCUT2D eigenvalue weighted by Crippen LogP contribution is -2.54. The first-order valence-corrected chi connectivity index (χ1v) is 8.93. The smallest absolute Gasteiger partial charge is 0.0587 e. The molecule has 0 saturated heterocycles. The molecule has 2 fully saturated rings. The van der Waals surface area contributed by atoms with E-state index in [1.807, 2.05) is 0 Å². The van der Waals surface area contributed by atoms with Gasteiger partial charge in [0.1, 0.15) is 0 Å². The maximum atomic E-state index is 5.15. The molecule has 2 aliphatic carbocycles. The Morgan fingerprint density at radius 1 is 1.14 bits per heavy atom. The first-order valence-electron chi connectivity index (χ1n) is 8.14. The third kappa shape index (κ3) is 3.20. The van der Waals surface area contributed by atoms with Gasteiger partial charge in [-0.25, -0.2) is 0 Å². The molecular formula is C18H26BrNO. The van der Waals surface area contributed by atoms with Crippen molar-refractivity contribution in [3.63, 3.8) is 0 Å². The Balaban J connectivity index is 1.71. The number of benzene rings is 1. The van der Waals surface area contributed by atoms with Crippen LogP contribution in [-0.2, 0) is 10.2 Å². The molecule has 0 bridgehead atoms. The quantitative estimate of drug-likeness (QED) is 0.772. The molecule has 2 nitrogen and oxygen atoms in total. The summed E-state index contributed by atoms with van der Waals surface area (Å²) in [5.74, 6) is 0. The van der Waals surface area contributed by atoms with Gasteiger partial charge >= 0.3 is 0 Å². The van der Waals surface area contributed by atoms with E-state index in [9.17, 15) is 0 Å². The monoisotopic (exact) mass is 351 g/mol. The SMILES string of the molecule is COCCNCC1(c2ccc(Br)cc2)CC2(CCCC2)C1. The Morgan fingerprint density at radius 3 is 2.43 bits per heavy atom. The Kier molecular flexibility index (Phi) is 4.72. The lowest BCUT2D eigenvalue weighted by molar-refractivity contribution is 0.0260. The number of hydrogen-bond donors (Lipinski definition) is 1. The molecule has 0 aromatic heterocycles. The summed E-state index contributed by atoms with van der Waals surface area (Å²) in [5, 5.41) is 3.61. The van der Waals surface area contributed by atoms with Crippen LogP contribution >= 0.6 is 15.9 Å². The van der Waals surface area contributed by atoms with Crippen LogP contribution in [0, 0.1) is 5.41 Å². The zero-order valence-corrected chi connectivity index (χ0v) is 14.5. The van der Waals surface area contributed by atoms with Crippen LogP contribution in [0.4, 0.5) is 0 Å². The van der Waals surface area contributed by atoms with Gasteiger partial charge in [-0.3, -0.25) is 0 Å². The Bertz CT molecular complexity index is 457. The van der Waals surface area contributed by atoms with Crippen molar-refractivity contribution in [3.8, 4) is 0 Å². The van der Waals surface area contributed by atoms with Crippen LogP contribution in [0.5, 0.6) is 0 Å². The molecular weight excluding hydrogens is 326 g/mol. The van der Waals surface area contributed by atoms with Crippen molar-refractivity contribution in [1.29, 1.82) is 0 Å². The van der Waals surface area contributed by atoms with Gasteiger partial charge in [0.2, 0.25) is 0 Å². The lowest BCUT2D eigenvalue weighted by atomic mass is 9.49. The maximum absolute atomic E-state index is 5.15. The number of rotatable bonds is 6. The largest absolute Gasteiger partial charge is 0.383 e. The highest BCUT2D eigenvalue weighted by atomic mass is 79.9. The fourth-order valence-electron chi connectivity index (χ4n) is 4.60. The molecule has 116 valence electrons. The fraction of sp³-hybridized carbons (Fsp3) is 0.667. The third-order valence-corrected chi connectivity index (χ3v) is 6.02. The summed E-state index contributed by atoms with van der Waals surface area (Å²) in [5.41, 5.74) is 2.52. The van der Waals surface area contributed by atoms with E-state index in [0.717, 1.165) is 19.7 Å². The second-order valence-corrected chi connectivity index (χ2v) is 7.93. The van der Waals surface area contributed by atoms with Crippen LogP contribution < -0.4 is 5.32 Å². The molecule has 1 aromatic rings. The Labute approximate surface area is 136 Å². The number of hydrogen-bond acceptors (Lipinski definition) is 2. The van der Waals surface area contributed by atoms with Gasteiger partial charge in [0, 0.05) is 30.1 Å². The molecule has 21 heavy (non-hydrogen) atoms. The molecule has 1 N–H and O–H groups in total. The van der Waals surface area contributed by atoms with E-state index < -0.39 is 0 Å². The van der Waals surface area contributed by atoms with Crippen molar-refractivity contribution in [3.05, 3.63) is 34.3 Å². The van der Waals surface area contributed by atoms with E-state index in [1.54, 1.807) is 7.11 Å². The summed E-state index contributed by atoms with van der Waals surface area (Å²) in [6.45, 7) is 2.82. The number of methoxy groups -OCH3 is 1. The topological polar surface area (TPSA) is 21.3 Å². The van der Waals surface area contributed by atoms with Crippen molar-refractivity contribution in [2.75, 3.05) is 26.8 Å². The maximum Gasteiger partial charge on any atom is 0.0587 e. The summed E-state index contributed by atoms with van der Waals surface area (Å²) in [6, 6.07) is 8.99. The van der Waals surface area contributed by atoms with Crippen LogP contribution in [0.2, 0.25) is 0 Å². The van der Waals surface area contributed by atoms with Crippen molar-refractivity contribution in [2.24, 2.45) is 5.41 Å². The highest BCUT2D eigenvalue weighted by Gasteiger charge is 2.55. The molecule has 0 atom stereocenters. The second-order valence-electron chi connectivity index (χ2n) is 7.02. The summed E-state index contributed by atoms with van der Waals surface area (Å²) >= 11 is 3.55. The van der Waals surface area contributed by atoms with E-state index in [2.05, 4.69) is 45.5 Å². The molecule has 3 rings (SSSR count). The van der Waals surface area contributed by atoms with Crippen molar-refractivity contribution in [2.45, 2.75) is 43.9 Å². The Morgan fingerprint density at radius 2 is 1.81 bits per heavy atom. The van der Waals surface area contributed by atoms with Gasteiger partial charge in [0.25, 0.3) is 0 Å². The molecule has 0 unspecified atom stereocenters. The van der Waals surface area contributed by atoms with E-state index in [-0.39, 0.29) is 0 Å². The first kappa shape index (κ1) is 15.5. The van der Waals surface area contributed by atoms with Crippen LogP contribution in [0.1, 0.15) is 44.1 Å². The molecule has 3 heteroatoms. The average molecular weight is 352 g/mol. The molecule has 1 spiro atoms. The second kappa shape index (κ2) is 6.39. The van der Waals surface area contributed by atoms with Gasteiger partial charge < -0.3 is 10.1 Å². The summed E-state index contributed by atoms with van der Waals surface area (Å²) in [6.07, 6.45) is 8.50. The predicted octanol–water partition coefficient (Wildman–Crippen LogP) is 4.28. The first-order chi connectivity index (χ1) is 10.2. The molecule has 2 aliphatic rings. The molecule has 0 amide bonds. The third-order valence-electron chi connectivity index (χ3n) is 5.49. The molecule has 1 aromatic carbocycles. The molecule has 0 heterocycles.